The van der Waals surface area contributed by atoms with Crippen molar-refractivity contribution in [2.75, 3.05) is 18.9 Å². The number of thioether (sulfide) groups is 1. The van der Waals surface area contributed by atoms with Crippen molar-refractivity contribution < 1.29 is 14.3 Å². The van der Waals surface area contributed by atoms with E-state index in [2.05, 4.69) is 15.6 Å². The van der Waals surface area contributed by atoms with Crippen LogP contribution in [-0.2, 0) is 16.6 Å². The van der Waals surface area contributed by atoms with E-state index in [1.165, 1.54) is 11.8 Å². The van der Waals surface area contributed by atoms with Crippen LogP contribution in [0.1, 0.15) is 6.92 Å². The third kappa shape index (κ3) is 3.23. The highest BCUT2D eigenvalue weighted by Crippen LogP contribution is 2.25. The maximum atomic E-state index is 12.0. The summed E-state index contributed by atoms with van der Waals surface area (Å²) in [5.41, 5.74) is 2.96. The van der Waals surface area contributed by atoms with Gasteiger partial charge in [-0.2, -0.15) is 0 Å². The Morgan fingerprint density at radius 1 is 1.42 bits per heavy atom. The lowest BCUT2D eigenvalue weighted by Gasteiger charge is -2.20. The van der Waals surface area contributed by atoms with Crippen molar-refractivity contribution in [1.82, 2.24) is 20.2 Å². The van der Waals surface area contributed by atoms with E-state index < -0.39 is 5.97 Å². The number of nitrogens with one attached hydrogen (secondary N) is 2. The van der Waals surface area contributed by atoms with Gasteiger partial charge in [0.05, 0.1) is 29.8 Å². The molecule has 1 aliphatic heterocycles. The normalized spacial score (nSPS) is 14.5. The molecule has 0 radical (unpaired) electrons. The standard InChI is InChI=1S/C16H18N4O3S/c1-3-23-14(21)10-8-17-15(22)18-12(10)9-24-16-19-11-6-4-5-7-13(11)20(16)2/h4-7H,3,8-9H2,1-2H3,(H2,17,18,22). The minimum atomic E-state index is -0.411. The number of amides is 2. The highest BCUT2D eigenvalue weighted by atomic mass is 32.2. The number of urea groups is 1. The molecule has 2 heterocycles. The number of ether oxygens (including phenoxy) is 1. The highest BCUT2D eigenvalue weighted by molar-refractivity contribution is 7.99. The van der Waals surface area contributed by atoms with Crippen molar-refractivity contribution >= 4 is 34.8 Å². The minimum absolute atomic E-state index is 0.170. The number of carbonyl (C=O) groups is 2. The van der Waals surface area contributed by atoms with Crippen LogP contribution >= 0.6 is 11.8 Å². The van der Waals surface area contributed by atoms with E-state index in [1.54, 1.807) is 6.92 Å². The molecule has 0 saturated carbocycles. The Kier molecular flexibility index (Phi) is 4.75. The second kappa shape index (κ2) is 6.96. The van der Waals surface area contributed by atoms with Gasteiger partial charge < -0.3 is 19.9 Å². The Morgan fingerprint density at radius 2 is 2.21 bits per heavy atom. The molecule has 0 fully saturated rings. The lowest BCUT2D eigenvalue weighted by Crippen LogP contribution is -2.44. The Hall–Kier alpha value is -2.48. The molecule has 2 N–H and O–H groups in total. The van der Waals surface area contributed by atoms with Gasteiger partial charge in [-0.3, -0.25) is 0 Å². The predicted octanol–water partition coefficient (Wildman–Crippen LogP) is 1.80. The Bertz CT molecular complexity index is 828. The molecule has 2 amide bonds. The molecule has 3 rings (SSSR count). The van der Waals surface area contributed by atoms with E-state index in [0.717, 1.165) is 16.2 Å². The molecule has 126 valence electrons. The maximum Gasteiger partial charge on any atom is 0.337 e. The van der Waals surface area contributed by atoms with Crippen LogP contribution in [-0.4, -0.2) is 40.5 Å². The van der Waals surface area contributed by atoms with Gasteiger partial charge in [-0.25, -0.2) is 14.6 Å². The maximum absolute atomic E-state index is 12.0. The predicted molar refractivity (Wildman–Crippen MR) is 91.6 cm³/mol. The van der Waals surface area contributed by atoms with Crippen LogP contribution in [0, 0.1) is 0 Å². The van der Waals surface area contributed by atoms with Crippen molar-refractivity contribution in [1.29, 1.82) is 0 Å². The molecular weight excluding hydrogens is 328 g/mol. The Labute approximate surface area is 143 Å². The Morgan fingerprint density at radius 3 is 2.96 bits per heavy atom. The van der Waals surface area contributed by atoms with Gasteiger partial charge in [-0.05, 0) is 19.1 Å². The number of aromatic nitrogens is 2. The van der Waals surface area contributed by atoms with E-state index in [9.17, 15) is 9.59 Å². The second-order valence-electron chi connectivity index (χ2n) is 5.22. The van der Waals surface area contributed by atoms with E-state index >= 15 is 0 Å². The number of para-hydroxylation sites is 2. The summed E-state index contributed by atoms with van der Waals surface area (Å²) < 4.78 is 7.05. The first-order valence-corrected chi connectivity index (χ1v) is 8.57. The number of benzene rings is 1. The van der Waals surface area contributed by atoms with Crippen LogP contribution in [0.3, 0.4) is 0 Å². The molecular formula is C16H18N4O3S. The number of aryl methyl sites for hydroxylation is 1. The zero-order chi connectivity index (χ0) is 17.1. The van der Waals surface area contributed by atoms with Gasteiger partial charge in [0, 0.05) is 18.5 Å². The average molecular weight is 346 g/mol. The largest absolute Gasteiger partial charge is 0.463 e. The number of imidazole rings is 1. The zero-order valence-electron chi connectivity index (χ0n) is 13.5. The van der Waals surface area contributed by atoms with Gasteiger partial charge in [-0.15, -0.1) is 0 Å². The summed E-state index contributed by atoms with van der Waals surface area (Å²) >= 11 is 1.46. The van der Waals surface area contributed by atoms with Crippen molar-refractivity contribution in [2.45, 2.75) is 12.1 Å². The fourth-order valence-corrected chi connectivity index (χ4v) is 3.43. The molecule has 24 heavy (non-hydrogen) atoms. The second-order valence-corrected chi connectivity index (χ2v) is 6.16. The lowest BCUT2D eigenvalue weighted by molar-refractivity contribution is -0.138. The minimum Gasteiger partial charge on any atom is -0.463 e. The molecule has 0 unspecified atom stereocenters. The van der Waals surface area contributed by atoms with Crippen LogP contribution in [0.4, 0.5) is 4.79 Å². The van der Waals surface area contributed by atoms with Gasteiger partial charge in [0.15, 0.2) is 5.16 Å². The lowest BCUT2D eigenvalue weighted by atomic mass is 10.2. The van der Waals surface area contributed by atoms with Gasteiger partial charge in [0.2, 0.25) is 0 Å². The number of carbonyl (C=O) groups excluding carboxylic acids is 2. The fraction of sp³-hybridized carbons (Fsp3) is 0.312. The summed E-state index contributed by atoms with van der Waals surface area (Å²) in [5, 5.41) is 6.11. The van der Waals surface area contributed by atoms with E-state index in [4.69, 9.17) is 4.74 Å². The molecule has 8 heteroatoms. The quantitative estimate of drug-likeness (QED) is 0.637. The first-order valence-electron chi connectivity index (χ1n) is 7.58. The molecule has 0 atom stereocenters. The molecule has 2 aromatic rings. The first kappa shape index (κ1) is 16.4. The fourth-order valence-electron chi connectivity index (χ4n) is 2.46. The van der Waals surface area contributed by atoms with Gasteiger partial charge >= 0.3 is 12.0 Å². The van der Waals surface area contributed by atoms with E-state index in [0.29, 0.717) is 23.6 Å². The molecule has 7 nitrogen and oxygen atoms in total. The molecule has 1 aliphatic rings. The molecule has 0 bridgehead atoms. The molecule has 0 saturated heterocycles. The van der Waals surface area contributed by atoms with Gasteiger partial charge in [0.25, 0.3) is 0 Å². The third-order valence-electron chi connectivity index (χ3n) is 3.67. The summed E-state index contributed by atoms with van der Waals surface area (Å²) in [7, 11) is 1.94. The van der Waals surface area contributed by atoms with Crippen LogP contribution in [0.15, 0.2) is 40.7 Å². The molecule has 0 aliphatic carbocycles. The molecule has 0 spiro atoms. The summed E-state index contributed by atoms with van der Waals surface area (Å²) in [5.74, 6) is 0.0178. The van der Waals surface area contributed by atoms with Crippen molar-refractivity contribution in [3.05, 3.63) is 35.5 Å². The van der Waals surface area contributed by atoms with Crippen LogP contribution in [0.5, 0.6) is 0 Å². The first-order chi connectivity index (χ1) is 11.6. The summed E-state index contributed by atoms with van der Waals surface area (Å²) in [6.45, 7) is 2.21. The monoisotopic (exact) mass is 346 g/mol. The number of esters is 1. The summed E-state index contributed by atoms with van der Waals surface area (Å²) in [6, 6.07) is 7.55. The van der Waals surface area contributed by atoms with E-state index in [1.807, 2.05) is 35.9 Å². The number of hydrogen-bond acceptors (Lipinski definition) is 5. The van der Waals surface area contributed by atoms with Gasteiger partial charge in [-0.1, -0.05) is 23.9 Å². The van der Waals surface area contributed by atoms with Crippen LogP contribution in [0.2, 0.25) is 0 Å². The van der Waals surface area contributed by atoms with Gasteiger partial charge in [0.1, 0.15) is 0 Å². The number of fused-ring (bicyclic) bond motifs is 1. The highest BCUT2D eigenvalue weighted by Gasteiger charge is 2.24. The number of hydrogen-bond donors (Lipinski definition) is 2. The van der Waals surface area contributed by atoms with Crippen molar-refractivity contribution in [2.24, 2.45) is 7.05 Å². The smallest absolute Gasteiger partial charge is 0.337 e. The summed E-state index contributed by atoms with van der Waals surface area (Å²) in [4.78, 5) is 28.2. The van der Waals surface area contributed by atoms with Crippen molar-refractivity contribution in [3.8, 4) is 0 Å². The number of rotatable bonds is 5. The summed E-state index contributed by atoms with van der Waals surface area (Å²) in [6.07, 6.45) is 0. The van der Waals surface area contributed by atoms with Crippen LogP contribution in [0.25, 0.3) is 11.0 Å². The van der Waals surface area contributed by atoms with E-state index in [-0.39, 0.29) is 12.6 Å². The molecule has 1 aromatic carbocycles. The zero-order valence-corrected chi connectivity index (χ0v) is 14.3. The SMILES string of the molecule is CCOC(=O)C1=C(CSc2nc3ccccc3n2C)NC(=O)NC1. The average Bonchev–Trinajstić information content (AvgIpc) is 2.90. The third-order valence-corrected chi connectivity index (χ3v) is 4.72. The van der Waals surface area contributed by atoms with Crippen LogP contribution < -0.4 is 10.6 Å². The van der Waals surface area contributed by atoms with Crippen molar-refractivity contribution in [3.63, 3.8) is 0 Å². The topological polar surface area (TPSA) is 85.2 Å². The Balaban J connectivity index is 1.82. The number of nitrogens with zero attached hydrogens (tertiary/aromatic N) is 2. The molecule has 1 aromatic heterocycles.